The molecule has 150 valence electrons. The second-order valence-corrected chi connectivity index (χ2v) is 6.56. The van der Waals surface area contributed by atoms with Crippen LogP contribution in [0.2, 0.25) is 0 Å². The molecule has 0 saturated heterocycles. The van der Waals surface area contributed by atoms with E-state index in [0.717, 1.165) is 11.1 Å². The SMILES string of the molecule is O=C(O)c1cc(-c2cccc(OCc3ccccc3)c2OCc2ccccc2)no1. The summed E-state index contributed by atoms with van der Waals surface area (Å²) in [6.45, 7) is 0.689. The number of ether oxygens (including phenoxy) is 2. The van der Waals surface area contributed by atoms with Crippen LogP contribution in [0, 0.1) is 0 Å². The lowest BCUT2D eigenvalue weighted by atomic mass is 10.1. The Morgan fingerprint density at radius 3 is 2.07 bits per heavy atom. The molecule has 0 fully saturated rings. The molecule has 6 heteroatoms. The van der Waals surface area contributed by atoms with E-state index in [1.807, 2.05) is 66.7 Å². The van der Waals surface area contributed by atoms with Gasteiger partial charge in [0.1, 0.15) is 18.9 Å². The Kier molecular flexibility index (Phi) is 5.75. The molecule has 0 spiro atoms. The Morgan fingerprint density at radius 1 is 0.833 bits per heavy atom. The van der Waals surface area contributed by atoms with Crippen molar-refractivity contribution in [2.24, 2.45) is 0 Å². The standard InChI is InChI=1S/C24H19NO5/c26-24(27)22-14-20(25-30-22)19-12-7-13-21(28-15-17-8-3-1-4-9-17)23(19)29-16-18-10-5-2-6-11-18/h1-14H,15-16H2,(H,26,27). The molecule has 4 rings (SSSR count). The molecule has 1 aromatic heterocycles. The van der Waals surface area contributed by atoms with Gasteiger partial charge in [0.2, 0.25) is 5.76 Å². The molecular weight excluding hydrogens is 382 g/mol. The third-order valence-corrected chi connectivity index (χ3v) is 4.44. The molecular formula is C24H19NO5. The Bertz CT molecular complexity index is 1120. The van der Waals surface area contributed by atoms with Crippen molar-refractivity contribution in [3.05, 3.63) is 102 Å². The molecule has 0 aliphatic heterocycles. The van der Waals surface area contributed by atoms with E-state index < -0.39 is 5.97 Å². The van der Waals surface area contributed by atoms with Gasteiger partial charge in [0, 0.05) is 11.6 Å². The van der Waals surface area contributed by atoms with Crippen molar-refractivity contribution in [1.82, 2.24) is 5.16 Å². The highest BCUT2D eigenvalue weighted by Crippen LogP contribution is 2.39. The van der Waals surface area contributed by atoms with Crippen LogP contribution >= 0.6 is 0 Å². The number of carboxylic acid groups (broad SMARTS) is 1. The van der Waals surface area contributed by atoms with Gasteiger partial charge in [0.15, 0.2) is 11.5 Å². The average molecular weight is 401 g/mol. The number of benzene rings is 3. The zero-order valence-corrected chi connectivity index (χ0v) is 16.0. The van der Waals surface area contributed by atoms with Gasteiger partial charge in [-0.25, -0.2) is 4.79 Å². The van der Waals surface area contributed by atoms with Crippen LogP contribution in [0.1, 0.15) is 21.7 Å². The van der Waals surface area contributed by atoms with E-state index in [9.17, 15) is 4.79 Å². The second kappa shape index (κ2) is 8.96. The lowest BCUT2D eigenvalue weighted by Crippen LogP contribution is -2.02. The number of para-hydroxylation sites is 1. The molecule has 0 atom stereocenters. The minimum atomic E-state index is -1.18. The van der Waals surface area contributed by atoms with Gasteiger partial charge in [0.25, 0.3) is 0 Å². The van der Waals surface area contributed by atoms with Crippen LogP contribution < -0.4 is 9.47 Å². The lowest BCUT2D eigenvalue weighted by Gasteiger charge is -2.16. The molecule has 0 aliphatic rings. The molecule has 1 heterocycles. The lowest BCUT2D eigenvalue weighted by molar-refractivity contribution is 0.0652. The number of hydrogen-bond acceptors (Lipinski definition) is 5. The van der Waals surface area contributed by atoms with Crippen molar-refractivity contribution in [1.29, 1.82) is 0 Å². The van der Waals surface area contributed by atoms with Crippen LogP contribution in [-0.2, 0) is 13.2 Å². The Labute approximate surface area is 173 Å². The van der Waals surface area contributed by atoms with E-state index in [2.05, 4.69) is 5.16 Å². The Hall–Kier alpha value is -4.06. The third kappa shape index (κ3) is 4.50. The molecule has 6 nitrogen and oxygen atoms in total. The van der Waals surface area contributed by atoms with Gasteiger partial charge >= 0.3 is 5.97 Å². The van der Waals surface area contributed by atoms with Gasteiger partial charge in [-0.1, -0.05) is 71.9 Å². The van der Waals surface area contributed by atoms with Crippen LogP contribution in [0.15, 0.2) is 89.5 Å². The topological polar surface area (TPSA) is 81.8 Å². The molecule has 0 amide bonds. The van der Waals surface area contributed by atoms with Crippen LogP contribution in [0.25, 0.3) is 11.3 Å². The molecule has 30 heavy (non-hydrogen) atoms. The summed E-state index contributed by atoms with van der Waals surface area (Å²) in [4.78, 5) is 11.2. The Balaban J connectivity index is 1.66. The summed E-state index contributed by atoms with van der Waals surface area (Å²) < 4.78 is 17.1. The first-order chi connectivity index (χ1) is 14.7. The van der Waals surface area contributed by atoms with Gasteiger partial charge < -0.3 is 19.1 Å². The predicted molar refractivity (Wildman–Crippen MR) is 110 cm³/mol. The third-order valence-electron chi connectivity index (χ3n) is 4.44. The number of rotatable bonds is 8. The molecule has 0 aliphatic carbocycles. The second-order valence-electron chi connectivity index (χ2n) is 6.56. The fraction of sp³-hybridized carbons (Fsp3) is 0.0833. The highest BCUT2D eigenvalue weighted by atomic mass is 16.5. The fourth-order valence-corrected chi connectivity index (χ4v) is 2.95. The van der Waals surface area contributed by atoms with E-state index in [4.69, 9.17) is 19.1 Å². The summed E-state index contributed by atoms with van der Waals surface area (Å²) in [6.07, 6.45) is 0. The minimum absolute atomic E-state index is 0.241. The van der Waals surface area contributed by atoms with Gasteiger partial charge in [-0.2, -0.15) is 0 Å². The number of carbonyl (C=O) groups is 1. The first kappa shape index (κ1) is 19.3. The molecule has 3 aromatic carbocycles. The monoisotopic (exact) mass is 401 g/mol. The maximum absolute atomic E-state index is 11.2. The number of aromatic carboxylic acids is 1. The number of nitrogens with zero attached hydrogens (tertiary/aromatic N) is 1. The van der Waals surface area contributed by atoms with Gasteiger partial charge in [-0.3, -0.25) is 0 Å². The summed E-state index contributed by atoms with van der Waals surface area (Å²) in [5.74, 6) is -0.415. The summed E-state index contributed by atoms with van der Waals surface area (Å²) in [7, 11) is 0. The first-order valence-corrected chi connectivity index (χ1v) is 9.37. The molecule has 0 unspecified atom stereocenters. The number of hydrogen-bond donors (Lipinski definition) is 1. The van der Waals surface area contributed by atoms with Crippen molar-refractivity contribution >= 4 is 5.97 Å². The van der Waals surface area contributed by atoms with E-state index >= 15 is 0 Å². The zero-order chi connectivity index (χ0) is 20.8. The van der Waals surface area contributed by atoms with Gasteiger partial charge in [-0.05, 0) is 23.3 Å². The van der Waals surface area contributed by atoms with Crippen molar-refractivity contribution in [2.45, 2.75) is 13.2 Å². The number of carboxylic acids is 1. The maximum Gasteiger partial charge on any atom is 0.374 e. The van der Waals surface area contributed by atoms with Crippen LogP contribution in [0.3, 0.4) is 0 Å². The molecule has 0 saturated carbocycles. The molecule has 1 N–H and O–H groups in total. The summed E-state index contributed by atoms with van der Waals surface area (Å²) in [5, 5.41) is 13.0. The normalized spacial score (nSPS) is 10.5. The predicted octanol–water partition coefficient (Wildman–Crippen LogP) is 5.20. The van der Waals surface area contributed by atoms with Crippen molar-refractivity contribution < 1.29 is 23.9 Å². The summed E-state index contributed by atoms with van der Waals surface area (Å²) in [6, 6.07) is 26.3. The van der Waals surface area contributed by atoms with Crippen LogP contribution in [0.4, 0.5) is 0 Å². The zero-order valence-electron chi connectivity index (χ0n) is 16.0. The molecule has 0 radical (unpaired) electrons. The van der Waals surface area contributed by atoms with Crippen molar-refractivity contribution in [2.75, 3.05) is 0 Å². The van der Waals surface area contributed by atoms with Crippen LogP contribution in [0.5, 0.6) is 11.5 Å². The maximum atomic E-state index is 11.2. The summed E-state index contributed by atoms with van der Waals surface area (Å²) >= 11 is 0. The van der Waals surface area contributed by atoms with Gasteiger partial charge in [-0.15, -0.1) is 0 Å². The number of aromatic nitrogens is 1. The Morgan fingerprint density at radius 2 is 1.47 bits per heavy atom. The van der Waals surface area contributed by atoms with E-state index in [1.165, 1.54) is 6.07 Å². The van der Waals surface area contributed by atoms with Crippen molar-refractivity contribution in [3.8, 4) is 22.8 Å². The molecule has 4 aromatic rings. The smallest absolute Gasteiger partial charge is 0.374 e. The van der Waals surface area contributed by atoms with Gasteiger partial charge in [0.05, 0.1) is 0 Å². The first-order valence-electron chi connectivity index (χ1n) is 9.37. The summed E-state index contributed by atoms with van der Waals surface area (Å²) in [5.41, 5.74) is 2.97. The van der Waals surface area contributed by atoms with E-state index in [1.54, 1.807) is 12.1 Å². The van der Waals surface area contributed by atoms with E-state index in [0.29, 0.717) is 36.0 Å². The van der Waals surface area contributed by atoms with E-state index in [-0.39, 0.29) is 5.76 Å². The average Bonchev–Trinajstić information content (AvgIpc) is 3.28. The van der Waals surface area contributed by atoms with Crippen molar-refractivity contribution in [3.63, 3.8) is 0 Å². The molecule has 0 bridgehead atoms. The fourth-order valence-electron chi connectivity index (χ4n) is 2.95. The highest BCUT2D eigenvalue weighted by Gasteiger charge is 2.19. The quantitative estimate of drug-likeness (QED) is 0.437. The van der Waals surface area contributed by atoms with Crippen LogP contribution in [-0.4, -0.2) is 16.2 Å². The minimum Gasteiger partial charge on any atom is -0.485 e. The largest absolute Gasteiger partial charge is 0.485 e. The highest BCUT2D eigenvalue weighted by molar-refractivity contribution is 5.86.